The van der Waals surface area contributed by atoms with E-state index in [4.69, 9.17) is 16.3 Å². The van der Waals surface area contributed by atoms with Crippen LogP contribution in [0.1, 0.15) is 18.6 Å². The van der Waals surface area contributed by atoms with Crippen LogP contribution in [0.4, 0.5) is 4.39 Å². The zero-order chi connectivity index (χ0) is 13.1. The monoisotopic (exact) mass is 266 g/mol. The first-order valence-corrected chi connectivity index (χ1v) is 5.85. The van der Waals surface area contributed by atoms with Gasteiger partial charge in [0.1, 0.15) is 17.3 Å². The number of halogens is 2. The number of aliphatic hydroxyl groups is 1. The van der Waals surface area contributed by atoms with Gasteiger partial charge in [0.15, 0.2) is 0 Å². The highest BCUT2D eigenvalue weighted by atomic mass is 35.5. The summed E-state index contributed by atoms with van der Waals surface area (Å²) in [5.41, 5.74) is 0.137. The van der Waals surface area contributed by atoms with Gasteiger partial charge in [-0.1, -0.05) is 23.7 Å². The number of aliphatic hydroxyl groups excluding tert-OH is 1. The Hall–Kier alpha value is -1.58. The molecule has 1 N–H and O–H groups in total. The molecule has 0 fully saturated rings. The Morgan fingerprint density at radius 1 is 1.22 bits per heavy atom. The third-order valence-corrected chi connectivity index (χ3v) is 2.69. The van der Waals surface area contributed by atoms with E-state index in [2.05, 4.69) is 0 Å². The van der Waals surface area contributed by atoms with E-state index in [1.807, 2.05) is 0 Å². The number of benzene rings is 2. The van der Waals surface area contributed by atoms with E-state index in [0.29, 0.717) is 10.8 Å². The summed E-state index contributed by atoms with van der Waals surface area (Å²) in [6, 6.07) is 11.2. The molecule has 0 aliphatic rings. The minimum absolute atomic E-state index is 0.137. The zero-order valence-corrected chi connectivity index (χ0v) is 10.5. The minimum atomic E-state index is -0.944. The van der Waals surface area contributed by atoms with Crippen molar-refractivity contribution in [1.82, 2.24) is 0 Å². The van der Waals surface area contributed by atoms with Crippen molar-refractivity contribution in [3.05, 3.63) is 58.9 Å². The highest BCUT2D eigenvalue weighted by Crippen LogP contribution is 2.32. The first kappa shape index (κ1) is 12.9. The Labute approximate surface area is 110 Å². The van der Waals surface area contributed by atoms with Crippen molar-refractivity contribution < 1.29 is 14.2 Å². The van der Waals surface area contributed by atoms with Gasteiger partial charge in [0.25, 0.3) is 0 Å². The highest BCUT2D eigenvalue weighted by Gasteiger charge is 2.15. The minimum Gasteiger partial charge on any atom is -0.457 e. The molecule has 0 saturated carbocycles. The number of hydrogen-bond donors (Lipinski definition) is 1. The summed E-state index contributed by atoms with van der Waals surface area (Å²) >= 11 is 5.84. The summed E-state index contributed by atoms with van der Waals surface area (Å²) in [5.74, 6) is 0.284. The van der Waals surface area contributed by atoms with Gasteiger partial charge < -0.3 is 9.84 Å². The molecule has 0 saturated heterocycles. The van der Waals surface area contributed by atoms with Gasteiger partial charge in [0, 0.05) is 5.02 Å². The Balaban J connectivity index is 2.37. The van der Waals surface area contributed by atoms with Crippen molar-refractivity contribution in [2.75, 3.05) is 0 Å². The molecular weight excluding hydrogens is 255 g/mol. The second-order valence-corrected chi connectivity index (χ2v) is 4.32. The van der Waals surface area contributed by atoms with Crippen molar-refractivity contribution in [3.63, 3.8) is 0 Å². The van der Waals surface area contributed by atoms with Crippen molar-refractivity contribution in [3.8, 4) is 11.5 Å². The quantitative estimate of drug-likeness (QED) is 0.896. The maximum absolute atomic E-state index is 13.6. The first-order chi connectivity index (χ1) is 8.58. The van der Waals surface area contributed by atoms with Crippen molar-refractivity contribution in [1.29, 1.82) is 0 Å². The zero-order valence-electron chi connectivity index (χ0n) is 9.73. The lowest BCUT2D eigenvalue weighted by Gasteiger charge is -2.13. The van der Waals surface area contributed by atoms with Crippen LogP contribution in [-0.4, -0.2) is 5.11 Å². The van der Waals surface area contributed by atoms with Crippen LogP contribution in [0.15, 0.2) is 42.5 Å². The van der Waals surface area contributed by atoms with Gasteiger partial charge in [-0.2, -0.15) is 0 Å². The van der Waals surface area contributed by atoms with Crippen LogP contribution in [-0.2, 0) is 0 Å². The molecule has 94 valence electrons. The topological polar surface area (TPSA) is 29.5 Å². The molecule has 0 bridgehead atoms. The lowest BCUT2D eigenvalue weighted by molar-refractivity contribution is 0.190. The third kappa shape index (κ3) is 2.81. The molecule has 2 aromatic carbocycles. The van der Waals surface area contributed by atoms with Crippen LogP contribution in [0, 0.1) is 5.82 Å². The lowest BCUT2D eigenvalue weighted by Crippen LogP contribution is -1.99. The molecule has 0 aliphatic carbocycles. The number of rotatable bonds is 3. The largest absolute Gasteiger partial charge is 0.457 e. The second kappa shape index (κ2) is 5.38. The molecule has 2 aromatic rings. The summed E-state index contributed by atoms with van der Waals surface area (Å²) in [7, 11) is 0. The molecule has 0 aromatic heterocycles. The average Bonchev–Trinajstić information content (AvgIpc) is 2.28. The van der Waals surface area contributed by atoms with Gasteiger partial charge >= 0.3 is 0 Å². The Morgan fingerprint density at radius 2 is 1.94 bits per heavy atom. The maximum Gasteiger partial charge on any atom is 0.136 e. The van der Waals surface area contributed by atoms with Crippen LogP contribution >= 0.6 is 11.6 Å². The summed E-state index contributed by atoms with van der Waals surface area (Å²) in [6.07, 6.45) is -0.944. The van der Waals surface area contributed by atoms with E-state index in [9.17, 15) is 9.50 Å². The second-order valence-electron chi connectivity index (χ2n) is 3.89. The molecule has 4 heteroatoms. The molecule has 0 unspecified atom stereocenters. The average molecular weight is 267 g/mol. The van der Waals surface area contributed by atoms with Crippen LogP contribution in [0.25, 0.3) is 0 Å². The van der Waals surface area contributed by atoms with E-state index in [-0.39, 0.29) is 11.3 Å². The van der Waals surface area contributed by atoms with Gasteiger partial charge in [-0.3, -0.25) is 0 Å². The summed E-state index contributed by atoms with van der Waals surface area (Å²) < 4.78 is 19.2. The Bertz CT molecular complexity index is 555. The van der Waals surface area contributed by atoms with Gasteiger partial charge in [-0.05, 0) is 37.3 Å². The fraction of sp³-hybridized carbons (Fsp3) is 0.143. The van der Waals surface area contributed by atoms with Crippen molar-refractivity contribution in [2.24, 2.45) is 0 Å². The lowest BCUT2D eigenvalue weighted by atomic mass is 10.1. The van der Waals surface area contributed by atoms with Gasteiger partial charge in [0.05, 0.1) is 11.7 Å². The van der Waals surface area contributed by atoms with Gasteiger partial charge in [0.2, 0.25) is 0 Å². The van der Waals surface area contributed by atoms with Crippen LogP contribution in [0.3, 0.4) is 0 Å². The predicted molar refractivity (Wildman–Crippen MR) is 68.6 cm³/mol. The summed E-state index contributed by atoms with van der Waals surface area (Å²) in [6.45, 7) is 1.49. The SMILES string of the molecule is C[C@@H](O)c1c(F)cccc1Oc1cccc(Cl)c1. The van der Waals surface area contributed by atoms with Gasteiger partial charge in [-0.25, -0.2) is 4.39 Å². The van der Waals surface area contributed by atoms with Crippen molar-refractivity contribution >= 4 is 11.6 Å². The predicted octanol–water partition coefficient (Wildman–Crippen LogP) is 4.32. The smallest absolute Gasteiger partial charge is 0.136 e. The summed E-state index contributed by atoms with van der Waals surface area (Å²) in [4.78, 5) is 0. The molecular formula is C14H12ClFO2. The molecule has 2 nitrogen and oxygen atoms in total. The fourth-order valence-electron chi connectivity index (χ4n) is 1.67. The van der Waals surface area contributed by atoms with E-state index in [1.165, 1.54) is 19.1 Å². The van der Waals surface area contributed by atoms with E-state index >= 15 is 0 Å². The first-order valence-electron chi connectivity index (χ1n) is 5.48. The van der Waals surface area contributed by atoms with Crippen LogP contribution < -0.4 is 4.74 Å². The maximum atomic E-state index is 13.6. The number of hydrogen-bond acceptors (Lipinski definition) is 2. The van der Waals surface area contributed by atoms with Crippen molar-refractivity contribution in [2.45, 2.75) is 13.0 Å². The van der Waals surface area contributed by atoms with E-state index in [1.54, 1.807) is 30.3 Å². The Kier molecular flexibility index (Phi) is 3.84. The standard InChI is InChI=1S/C14H12ClFO2/c1-9(17)14-12(16)6-3-7-13(14)18-11-5-2-4-10(15)8-11/h2-9,17H,1H3/t9-/m1/s1. The van der Waals surface area contributed by atoms with Crippen LogP contribution in [0.2, 0.25) is 5.02 Å². The summed E-state index contributed by atoms with van der Waals surface area (Å²) in [5, 5.41) is 10.1. The molecule has 18 heavy (non-hydrogen) atoms. The molecule has 2 rings (SSSR count). The molecule has 1 atom stereocenters. The molecule has 0 radical (unpaired) electrons. The number of ether oxygens (including phenoxy) is 1. The normalized spacial score (nSPS) is 12.2. The van der Waals surface area contributed by atoms with E-state index in [0.717, 1.165) is 0 Å². The van der Waals surface area contributed by atoms with Crippen LogP contribution in [0.5, 0.6) is 11.5 Å². The molecule has 0 heterocycles. The molecule has 0 amide bonds. The fourth-order valence-corrected chi connectivity index (χ4v) is 1.85. The van der Waals surface area contributed by atoms with Gasteiger partial charge in [-0.15, -0.1) is 0 Å². The molecule has 0 aliphatic heterocycles. The highest BCUT2D eigenvalue weighted by molar-refractivity contribution is 6.30. The molecule has 0 spiro atoms. The Morgan fingerprint density at radius 3 is 2.61 bits per heavy atom. The third-order valence-electron chi connectivity index (χ3n) is 2.45. The van der Waals surface area contributed by atoms with E-state index < -0.39 is 11.9 Å².